The molecule has 0 bridgehead atoms. The molecule has 4 amide bonds. The Hall–Kier alpha value is -1.79. The standard InChI is InChI=1S/C20H25Cl2N3O3/c1-13-6-8-20(9-7-13)18(27)25(19(28)24-20)12-17(26)23-10-2-3-14-4-5-15(21)16(22)11-14/h4-5,11,13H,2-3,6-10,12H2,1H3,(H,23,26)(H,24,28). The van der Waals surface area contributed by atoms with Crippen molar-refractivity contribution in [3.05, 3.63) is 33.8 Å². The van der Waals surface area contributed by atoms with E-state index in [-0.39, 0.29) is 18.4 Å². The van der Waals surface area contributed by atoms with Gasteiger partial charge in [-0.25, -0.2) is 4.79 Å². The highest BCUT2D eigenvalue weighted by Gasteiger charge is 2.52. The average Bonchev–Trinajstić information content (AvgIpc) is 2.88. The molecule has 0 aromatic heterocycles. The summed E-state index contributed by atoms with van der Waals surface area (Å²) in [4.78, 5) is 38.2. The second-order valence-corrected chi connectivity index (χ2v) is 8.60. The van der Waals surface area contributed by atoms with Crippen LogP contribution in [0.1, 0.15) is 44.6 Å². The molecule has 152 valence electrons. The molecule has 1 aromatic rings. The molecule has 6 nitrogen and oxygen atoms in total. The second kappa shape index (κ2) is 8.70. The molecule has 1 aliphatic carbocycles. The largest absolute Gasteiger partial charge is 0.355 e. The van der Waals surface area contributed by atoms with E-state index in [0.29, 0.717) is 41.8 Å². The van der Waals surface area contributed by atoms with Crippen molar-refractivity contribution >= 4 is 41.0 Å². The van der Waals surface area contributed by atoms with E-state index in [1.807, 2.05) is 12.1 Å². The van der Waals surface area contributed by atoms with Crippen molar-refractivity contribution < 1.29 is 14.4 Å². The fraction of sp³-hybridized carbons (Fsp3) is 0.550. The molecule has 1 saturated carbocycles. The summed E-state index contributed by atoms with van der Waals surface area (Å²) >= 11 is 11.9. The molecule has 0 unspecified atom stereocenters. The highest BCUT2D eigenvalue weighted by molar-refractivity contribution is 6.42. The Balaban J connectivity index is 1.45. The number of amides is 4. The maximum Gasteiger partial charge on any atom is 0.325 e. The number of imide groups is 1. The second-order valence-electron chi connectivity index (χ2n) is 7.79. The molecule has 2 fully saturated rings. The van der Waals surface area contributed by atoms with E-state index in [4.69, 9.17) is 23.2 Å². The van der Waals surface area contributed by atoms with Gasteiger partial charge in [0.15, 0.2) is 0 Å². The van der Waals surface area contributed by atoms with Crippen LogP contribution in [0, 0.1) is 5.92 Å². The minimum atomic E-state index is -0.808. The van der Waals surface area contributed by atoms with Gasteiger partial charge in [-0.15, -0.1) is 0 Å². The van der Waals surface area contributed by atoms with E-state index < -0.39 is 11.6 Å². The Bertz CT molecular complexity index is 776. The summed E-state index contributed by atoms with van der Waals surface area (Å²) in [6.45, 7) is 2.36. The maximum atomic E-state index is 12.7. The minimum absolute atomic E-state index is 0.241. The van der Waals surface area contributed by atoms with Gasteiger partial charge in [0, 0.05) is 6.54 Å². The van der Waals surface area contributed by atoms with E-state index in [0.717, 1.165) is 29.7 Å². The summed E-state index contributed by atoms with van der Waals surface area (Å²) in [6.07, 6.45) is 4.54. The van der Waals surface area contributed by atoms with Crippen molar-refractivity contribution in [2.75, 3.05) is 13.1 Å². The molecule has 1 spiro atoms. The van der Waals surface area contributed by atoms with Crippen LogP contribution in [0.4, 0.5) is 4.79 Å². The molecule has 1 saturated heterocycles. The monoisotopic (exact) mass is 425 g/mol. The predicted octanol–water partition coefficient (Wildman–Crippen LogP) is 3.54. The van der Waals surface area contributed by atoms with Gasteiger partial charge in [0.2, 0.25) is 5.91 Å². The van der Waals surface area contributed by atoms with E-state index in [1.165, 1.54) is 0 Å². The zero-order valence-corrected chi connectivity index (χ0v) is 17.4. The number of hydrogen-bond donors (Lipinski definition) is 2. The molecule has 2 N–H and O–H groups in total. The van der Waals surface area contributed by atoms with Gasteiger partial charge in [-0.1, -0.05) is 36.2 Å². The van der Waals surface area contributed by atoms with Gasteiger partial charge >= 0.3 is 6.03 Å². The summed E-state index contributed by atoms with van der Waals surface area (Å²) in [6, 6.07) is 4.99. The minimum Gasteiger partial charge on any atom is -0.355 e. The van der Waals surface area contributed by atoms with Crippen LogP contribution in [0.5, 0.6) is 0 Å². The third-order valence-corrected chi connectivity index (χ3v) is 6.36. The first-order chi connectivity index (χ1) is 13.3. The number of nitrogens with one attached hydrogen (secondary N) is 2. The first kappa shape index (κ1) is 20.9. The highest BCUT2D eigenvalue weighted by Crippen LogP contribution is 2.36. The van der Waals surface area contributed by atoms with Gasteiger partial charge < -0.3 is 10.6 Å². The molecule has 0 atom stereocenters. The zero-order valence-electron chi connectivity index (χ0n) is 15.9. The number of carbonyl (C=O) groups excluding carboxylic acids is 3. The quantitative estimate of drug-likeness (QED) is 0.540. The molecule has 1 aliphatic heterocycles. The van der Waals surface area contributed by atoms with Crippen LogP contribution in [0.15, 0.2) is 18.2 Å². The summed E-state index contributed by atoms with van der Waals surface area (Å²) in [5, 5.41) is 6.62. The summed E-state index contributed by atoms with van der Waals surface area (Å²) in [5.74, 6) is -0.0441. The van der Waals surface area contributed by atoms with Gasteiger partial charge in [0.1, 0.15) is 12.1 Å². The van der Waals surface area contributed by atoms with Crippen molar-refractivity contribution in [3.8, 4) is 0 Å². The van der Waals surface area contributed by atoms with E-state index in [2.05, 4.69) is 17.6 Å². The molecule has 8 heteroatoms. The topological polar surface area (TPSA) is 78.5 Å². The predicted molar refractivity (Wildman–Crippen MR) is 108 cm³/mol. The van der Waals surface area contributed by atoms with Crippen LogP contribution in [0.25, 0.3) is 0 Å². The number of urea groups is 1. The molecule has 28 heavy (non-hydrogen) atoms. The van der Waals surface area contributed by atoms with Gasteiger partial charge in [-0.2, -0.15) is 0 Å². The third kappa shape index (κ3) is 4.61. The molecule has 3 rings (SSSR count). The van der Waals surface area contributed by atoms with Crippen LogP contribution in [0.3, 0.4) is 0 Å². The molecule has 1 heterocycles. The Labute approximate surface area is 174 Å². The Morgan fingerprint density at radius 1 is 1.25 bits per heavy atom. The number of benzene rings is 1. The molecule has 2 aliphatic rings. The number of carbonyl (C=O) groups is 3. The third-order valence-electron chi connectivity index (χ3n) is 5.62. The van der Waals surface area contributed by atoms with Crippen molar-refractivity contribution in [2.24, 2.45) is 5.92 Å². The lowest BCUT2D eigenvalue weighted by Gasteiger charge is -2.33. The lowest BCUT2D eigenvalue weighted by Crippen LogP contribution is -2.49. The van der Waals surface area contributed by atoms with Crippen LogP contribution in [0.2, 0.25) is 10.0 Å². The number of nitrogens with zero attached hydrogens (tertiary/aromatic N) is 1. The molecule has 1 aromatic carbocycles. The Kier molecular flexibility index (Phi) is 6.50. The van der Waals surface area contributed by atoms with Crippen molar-refractivity contribution in [1.29, 1.82) is 0 Å². The van der Waals surface area contributed by atoms with E-state index in [9.17, 15) is 14.4 Å². The van der Waals surface area contributed by atoms with Gasteiger partial charge in [-0.3, -0.25) is 14.5 Å². The summed E-state index contributed by atoms with van der Waals surface area (Å²) in [7, 11) is 0. The van der Waals surface area contributed by atoms with E-state index in [1.54, 1.807) is 6.07 Å². The normalized spacial score (nSPS) is 24.5. The first-order valence-corrected chi connectivity index (χ1v) is 10.4. The average molecular weight is 426 g/mol. The first-order valence-electron chi connectivity index (χ1n) is 9.65. The fourth-order valence-corrected chi connectivity index (χ4v) is 4.15. The van der Waals surface area contributed by atoms with Gasteiger partial charge in [0.25, 0.3) is 5.91 Å². The number of rotatable bonds is 6. The number of hydrogen-bond acceptors (Lipinski definition) is 3. The van der Waals surface area contributed by atoms with Gasteiger partial charge in [0.05, 0.1) is 10.0 Å². The van der Waals surface area contributed by atoms with Crippen LogP contribution in [-0.4, -0.2) is 41.4 Å². The Morgan fingerprint density at radius 3 is 2.64 bits per heavy atom. The number of halogens is 2. The highest BCUT2D eigenvalue weighted by atomic mass is 35.5. The smallest absolute Gasteiger partial charge is 0.325 e. The van der Waals surface area contributed by atoms with Gasteiger partial charge in [-0.05, 0) is 62.1 Å². The van der Waals surface area contributed by atoms with Crippen molar-refractivity contribution in [2.45, 2.75) is 51.0 Å². The summed E-state index contributed by atoms with van der Waals surface area (Å²) in [5.41, 5.74) is 0.226. The molecular formula is C20H25Cl2N3O3. The SMILES string of the molecule is CC1CCC2(CC1)NC(=O)N(CC(=O)NCCCc1ccc(Cl)c(Cl)c1)C2=O. The number of aryl methyl sites for hydroxylation is 1. The maximum absolute atomic E-state index is 12.7. The van der Waals surface area contributed by atoms with Crippen molar-refractivity contribution in [1.82, 2.24) is 15.5 Å². The van der Waals surface area contributed by atoms with E-state index >= 15 is 0 Å². The van der Waals surface area contributed by atoms with Crippen LogP contribution >= 0.6 is 23.2 Å². The van der Waals surface area contributed by atoms with Crippen molar-refractivity contribution in [3.63, 3.8) is 0 Å². The lowest BCUT2D eigenvalue weighted by molar-refractivity contribution is -0.136. The lowest BCUT2D eigenvalue weighted by atomic mass is 9.77. The fourth-order valence-electron chi connectivity index (χ4n) is 3.83. The molecular weight excluding hydrogens is 401 g/mol. The summed E-state index contributed by atoms with van der Waals surface area (Å²) < 4.78 is 0. The van der Waals surface area contributed by atoms with Crippen LogP contribution in [-0.2, 0) is 16.0 Å². The van der Waals surface area contributed by atoms with Crippen LogP contribution < -0.4 is 10.6 Å². The molecule has 0 radical (unpaired) electrons. The Morgan fingerprint density at radius 2 is 1.96 bits per heavy atom. The zero-order chi connectivity index (χ0) is 20.3.